The molecular weight excluding hydrogens is 430 g/mol. The lowest BCUT2D eigenvalue weighted by molar-refractivity contribution is 0.0926. The van der Waals surface area contributed by atoms with Gasteiger partial charge in [-0.1, -0.05) is 19.6 Å². The van der Waals surface area contributed by atoms with Gasteiger partial charge in [-0.2, -0.15) is 0 Å². The Hall–Kier alpha value is -2.81. The molecule has 0 spiro atoms. The van der Waals surface area contributed by atoms with Gasteiger partial charge in [0.25, 0.3) is 0 Å². The molecule has 5 rings (SSSR count). The van der Waals surface area contributed by atoms with E-state index in [1.807, 2.05) is 24.7 Å². The Balaban J connectivity index is 1.45. The summed E-state index contributed by atoms with van der Waals surface area (Å²) in [6, 6.07) is 11.6. The predicted octanol–water partition coefficient (Wildman–Crippen LogP) is 4.80. The summed E-state index contributed by atoms with van der Waals surface area (Å²) in [5, 5.41) is 2.19. The number of anilines is 1. The molecule has 0 atom stereocenters. The Morgan fingerprint density at radius 1 is 1.00 bits per heavy atom. The smallest absolute Gasteiger partial charge is 0.143 e. The van der Waals surface area contributed by atoms with Crippen LogP contribution in [0.5, 0.6) is 0 Å². The summed E-state index contributed by atoms with van der Waals surface area (Å²) in [5.41, 5.74) is 3.92. The van der Waals surface area contributed by atoms with Gasteiger partial charge < -0.3 is 18.9 Å². The van der Waals surface area contributed by atoms with Crippen molar-refractivity contribution in [3.63, 3.8) is 0 Å². The number of fused-ring (bicyclic) bond motifs is 3. The molecular formula is C25H31N5O2Si. The van der Waals surface area contributed by atoms with Crippen molar-refractivity contribution in [3.8, 4) is 11.3 Å². The van der Waals surface area contributed by atoms with E-state index in [4.69, 9.17) is 19.4 Å². The molecule has 0 radical (unpaired) electrons. The number of nitrogens with zero attached hydrogens (tertiary/aromatic N) is 5. The maximum Gasteiger partial charge on any atom is 0.143 e. The predicted molar refractivity (Wildman–Crippen MR) is 135 cm³/mol. The summed E-state index contributed by atoms with van der Waals surface area (Å²) in [5.74, 6) is 0.985. The molecule has 0 amide bonds. The van der Waals surface area contributed by atoms with Crippen molar-refractivity contribution in [3.05, 3.63) is 48.9 Å². The molecule has 4 aromatic heterocycles. The number of hydrogen-bond acceptors (Lipinski definition) is 6. The zero-order valence-electron chi connectivity index (χ0n) is 19.6. The van der Waals surface area contributed by atoms with E-state index in [0.29, 0.717) is 6.73 Å². The molecule has 7 nitrogen and oxygen atoms in total. The van der Waals surface area contributed by atoms with Crippen LogP contribution in [-0.4, -0.2) is 60.5 Å². The minimum Gasteiger partial charge on any atom is -0.378 e. The van der Waals surface area contributed by atoms with Crippen molar-refractivity contribution < 1.29 is 9.47 Å². The number of ether oxygens (including phenoxy) is 2. The summed E-state index contributed by atoms with van der Waals surface area (Å²) < 4.78 is 13.7. The standard InChI is InChI=1S/C25H31N5O2Si/c1-33(2,3)15-14-32-18-30-23-8-9-26-17-21(23)20-5-6-22(28-25(20)30)19-4-7-24(27-16-19)29-10-12-31-13-11-29/h4-9,16-17H,10-15,18H2,1-3H3. The molecule has 8 heteroatoms. The number of pyridine rings is 3. The minimum absolute atomic E-state index is 0.485. The first-order valence-electron chi connectivity index (χ1n) is 11.6. The number of aromatic nitrogens is 4. The Kier molecular flexibility index (Phi) is 6.14. The first-order valence-corrected chi connectivity index (χ1v) is 15.3. The van der Waals surface area contributed by atoms with Gasteiger partial charge >= 0.3 is 0 Å². The van der Waals surface area contributed by atoms with Crippen LogP contribution in [0.2, 0.25) is 25.7 Å². The van der Waals surface area contributed by atoms with Crippen LogP contribution in [-0.2, 0) is 16.2 Å². The number of hydrogen-bond donors (Lipinski definition) is 0. The zero-order chi connectivity index (χ0) is 22.8. The zero-order valence-corrected chi connectivity index (χ0v) is 20.6. The largest absolute Gasteiger partial charge is 0.378 e. The lowest BCUT2D eigenvalue weighted by atomic mass is 10.1. The van der Waals surface area contributed by atoms with Crippen molar-refractivity contribution in [1.29, 1.82) is 0 Å². The van der Waals surface area contributed by atoms with Gasteiger partial charge in [0.15, 0.2) is 0 Å². The summed E-state index contributed by atoms with van der Waals surface area (Å²) in [4.78, 5) is 16.3. The van der Waals surface area contributed by atoms with Crippen molar-refractivity contribution >= 4 is 35.8 Å². The van der Waals surface area contributed by atoms with E-state index >= 15 is 0 Å². The Morgan fingerprint density at radius 3 is 2.61 bits per heavy atom. The fourth-order valence-corrected chi connectivity index (χ4v) is 4.91. The monoisotopic (exact) mass is 461 g/mol. The summed E-state index contributed by atoms with van der Waals surface area (Å²) in [7, 11) is -1.13. The third kappa shape index (κ3) is 4.78. The molecule has 33 heavy (non-hydrogen) atoms. The Bertz CT molecular complexity index is 1240. The SMILES string of the molecule is C[Si](C)(C)CCOCn1c2ccncc2c2ccc(-c3ccc(N4CCOCC4)nc3)nc21. The Morgan fingerprint density at radius 2 is 1.85 bits per heavy atom. The fourth-order valence-electron chi connectivity index (χ4n) is 4.15. The fraction of sp³-hybridized carbons (Fsp3) is 0.400. The second kappa shape index (κ2) is 9.21. The molecule has 0 bridgehead atoms. The normalized spacial score (nSPS) is 14.9. The molecule has 0 unspecified atom stereocenters. The van der Waals surface area contributed by atoms with Gasteiger partial charge in [-0.3, -0.25) is 4.98 Å². The molecule has 4 aromatic rings. The first kappa shape index (κ1) is 22.0. The van der Waals surface area contributed by atoms with Gasteiger partial charge in [0.1, 0.15) is 18.2 Å². The van der Waals surface area contributed by atoms with Crippen LogP contribution in [0.4, 0.5) is 5.82 Å². The molecule has 1 fully saturated rings. The van der Waals surface area contributed by atoms with Gasteiger partial charge in [-0.05, 0) is 36.4 Å². The summed E-state index contributed by atoms with van der Waals surface area (Å²) >= 11 is 0. The second-order valence-electron chi connectivity index (χ2n) is 9.74. The van der Waals surface area contributed by atoms with Crippen LogP contribution >= 0.6 is 0 Å². The van der Waals surface area contributed by atoms with Crippen LogP contribution in [0.25, 0.3) is 33.2 Å². The molecule has 1 saturated heterocycles. The lowest BCUT2D eigenvalue weighted by Gasteiger charge is -2.27. The lowest BCUT2D eigenvalue weighted by Crippen LogP contribution is -2.36. The average Bonchev–Trinajstić information content (AvgIpc) is 3.15. The quantitative estimate of drug-likeness (QED) is 0.291. The van der Waals surface area contributed by atoms with Crippen LogP contribution in [0, 0.1) is 0 Å². The van der Waals surface area contributed by atoms with E-state index in [1.54, 1.807) is 0 Å². The highest BCUT2D eigenvalue weighted by molar-refractivity contribution is 6.76. The molecule has 1 aliphatic rings. The topological polar surface area (TPSA) is 65.3 Å². The number of morpholine rings is 1. The highest BCUT2D eigenvalue weighted by atomic mass is 28.3. The van der Waals surface area contributed by atoms with Crippen molar-refractivity contribution in [1.82, 2.24) is 19.5 Å². The first-order chi connectivity index (χ1) is 16.0. The molecule has 0 aromatic carbocycles. The van der Waals surface area contributed by atoms with E-state index in [0.717, 1.165) is 78.0 Å². The van der Waals surface area contributed by atoms with Gasteiger partial charge in [-0.25, -0.2) is 9.97 Å². The summed E-state index contributed by atoms with van der Waals surface area (Å²) in [6.07, 6.45) is 5.66. The van der Waals surface area contributed by atoms with Gasteiger partial charge in [0.05, 0.1) is 24.4 Å². The molecule has 172 valence electrons. The summed E-state index contributed by atoms with van der Waals surface area (Å²) in [6.45, 7) is 11.6. The van der Waals surface area contributed by atoms with Crippen LogP contribution in [0.3, 0.4) is 0 Å². The highest BCUT2D eigenvalue weighted by Crippen LogP contribution is 2.30. The second-order valence-corrected chi connectivity index (χ2v) is 15.4. The highest BCUT2D eigenvalue weighted by Gasteiger charge is 2.16. The number of rotatable bonds is 7. The van der Waals surface area contributed by atoms with E-state index in [-0.39, 0.29) is 0 Å². The third-order valence-electron chi connectivity index (χ3n) is 6.11. The molecule has 0 saturated carbocycles. The Labute approximate surface area is 195 Å². The van der Waals surface area contributed by atoms with E-state index in [2.05, 4.69) is 58.4 Å². The van der Waals surface area contributed by atoms with Crippen LogP contribution in [0.1, 0.15) is 0 Å². The average molecular weight is 462 g/mol. The minimum atomic E-state index is -1.13. The maximum atomic E-state index is 6.11. The van der Waals surface area contributed by atoms with Crippen molar-refractivity contribution in [2.75, 3.05) is 37.8 Å². The van der Waals surface area contributed by atoms with Crippen molar-refractivity contribution in [2.45, 2.75) is 32.4 Å². The van der Waals surface area contributed by atoms with E-state index < -0.39 is 8.07 Å². The molecule has 0 N–H and O–H groups in total. The van der Waals surface area contributed by atoms with Gasteiger partial charge in [0, 0.05) is 62.7 Å². The van der Waals surface area contributed by atoms with Gasteiger partial charge in [-0.15, -0.1) is 0 Å². The maximum absolute atomic E-state index is 6.11. The molecule has 0 aliphatic carbocycles. The van der Waals surface area contributed by atoms with Crippen LogP contribution in [0.15, 0.2) is 48.9 Å². The molecule has 5 heterocycles. The van der Waals surface area contributed by atoms with Crippen molar-refractivity contribution in [2.24, 2.45) is 0 Å². The third-order valence-corrected chi connectivity index (χ3v) is 7.81. The van der Waals surface area contributed by atoms with Crippen LogP contribution < -0.4 is 4.90 Å². The van der Waals surface area contributed by atoms with E-state index in [1.165, 1.54) is 0 Å². The van der Waals surface area contributed by atoms with Gasteiger partial charge in [0.2, 0.25) is 0 Å². The van der Waals surface area contributed by atoms with E-state index in [9.17, 15) is 0 Å². The molecule has 1 aliphatic heterocycles.